The molecule has 41 heavy (non-hydrogen) atoms. The molecule has 1 aliphatic rings. The van der Waals surface area contributed by atoms with Crippen LogP contribution >= 0.6 is 0 Å². The molecule has 10 heteroatoms. The van der Waals surface area contributed by atoms with Crippen LogP contribution in [0.2, 0.25) is 0 Å². The van der Waals surface area contributed by atoms with Gasteiger partial charge in [-0.15, -0.1) is 10.2 Å². The molecule has 3 aromatic carbocycles. The second kappa shape index (κ2) is 11.5. The van der Waals surface area contributed by atoms with Crippen LogP contribution in [0.5, 0.6) is 5.88 Å². The van der Waals surface area contributed by atoms with Gasteiger partial charge in [0.05, 0.1) is 37.0 Å². The molecule has 1 aliphatic heterocycles. The van der Waals surface area contributed by atoms with Crippen LogP contribution in [0, 0.1) is 5.92 Å². The molecule has 0 N–H and O–H groups in total. The molecule has 0 radical (unpaired) electrons. The van der Waals surface area contributed by atoms with E-state index in [1.54, 1.807) is 18.2 Å². The molecule has 1 aromatic heterocycles. The highest BCUT2D eigenvalue weighted by atomic mass is 16.5. The number of fused-ring (bicyclic) bond motifs is 1. The van der Waals surface area contributed by atoms with E-state index >= 15 is 0 Å². The number of benzene rings is 3. The summed E-state index contributed by atoms with van der Waals surface area (Å²) in [5.41, 5.74) is 0.607. The third kappa shape index (κ3) is 5.36. The van der Waals surface area contributed by atoms with Crippen LogP contribution in [0.4, 0.5) is 11.4 Å². The van der Waals surface area contributed by atoms with Crippen LogP contribution in [0.3, 0.4) is 0 Å². The molecule has 2 amide bonds. The summed E-state index contributed by atoms with van der Waals surface area (Å²) in [6.07, 6.45) is 0. The third-order valence-electron chi connectivity index (χ3n) is 6.70. The molecule has 0 fully saturated rings. The molecule has 0 unspecified atom stereocenters. The summed E-state index contributed by atoms with van der Waals surface area (Å²) >= 11 is 0. The van der Waals surface area contributed by atoms with Gasteiger partial charge in [-0.05, 0) is 29.2 Å². The zero-order valence-electron chi connectivity index (χ0n) is 23.0. The number of rotatable bonds is 9. The van der Waals surface area contributed by atoms with Crippen LogP contribution in [-0.2, 0) is 13.1 Å². The Bertz CT molecular complexity index is 1760. The Morgan fingerprint density at radius 2 is 1.34 bits per heavy atom. The predicted octanol–water partition coefficient (Wildman–Crippen LogP) is 4.78. The fourth-order valence-corrected chi connectivity index (χ4v) is 4.80. The minimum Gasteiger partial charge on any atom is -0.480 e. The van der Waals surface area contributed by atoms with Crippen molar-refractivity contribution in [3.8, 4) is 5.88 Å². The van der Waals surface area contributed by atoms with E-state index < -0.39 is 23.1 Å². The van der Waals surface area contributed by atoms with Crippen LogP contribution in [-0.4, -0.2) is 39.5 Å². The maximum atomic E-state index is 13.7. The van der Waals surface area contributed by atoms with E-state index in [9.17, 15) is 19.2 Å². The van der Waals surface area contributed by atoms with Gasteiger partial charge in [-0.1, -0.05) is 80.6 Å². The van der Waals surface area contributed by atoms with Crippen LogP contribution in [0.1, 0.15) is 45.7 Å². The van der Waals surface area contributed by atoms with Gasteiger partial charge in [-0.2, -0.15) is 0 Å². The SMILES string of the molecule is COc1c(N=Nc2cccc3c2C(=O)N(CC(C)C)C3=O)c(=O)n(Cc2ccccc2)c(=O)n1Cc1ccccc1. The van der Waals surface area contributed by atoms with Gasteiger partial charge in [-0.3, -0.25) is 28.4 Å². The third-order valence-corrected chi connectivity index (χ3v) is 6.70. The maximum Gasteiger partial charge on any atom is 0.334 e. The number of hydrogen-bond acceptors (Lipinski definition) is 7. The lowest BCUT2D eigenvalue weighted by Crippen LogP contribution is -2.40. The fourth-order valence-electron chi connectivity index (χ4n) is 4.80. The molecule has 2 heterocycles. The first kappa shape index (κ1) is 27.4. The average Bonchev–Trinajstić information content (AvgIpc) is 3.22. The lowest BCUT2D eigenvalue weighted by molar-refractivity contribution is 0.0636. The van der Waals surface area contributed by atoms with E-state index in [-0.39, 0.29) is 53.9 Å². The summed E-state index contributed by atoms with van der Waals surface area (Å²) in [4.78, 5) is 54.7. The van der Waals surface area contributed by atoms with Gasteiger partial charge >= 0.3 is 5.69 Å². The molecule has 208 valence electrons. The lowest BCUT2D eigenvalue weighted by Gasteiger charge is -2.16. The van der Waals surface area contributed by atoms with Crippen molar-refractivity contribution >= 4 is 23.2 Å². The van der Waals surface area contributed by atoms with Crippen molar-refractivity contribution in [3.63, 3.8) is 0 Å². The van der Waals surface area contributed by atoms with Crippen LogP contribution < -0.4 is 16.0 Å². The van der Waals surface area contributed by atoms with Gasteiger partial charge in [0.2, 0.25) is 11.6 Å². The Hall–Kier alpha value is -5.12. The Morgan fingerprint density at radius 3 is 1.93 bits per heavy atom. The molecule has 0 aliphatic carbocycles. The van der Waals surface area contributed by atoms with Gasteiger partial charge in [0, 0.05) is 6.54 Å². The number of azo groups is 1. The fraction of sp³-hybridized carbons (Fsp3) is 0.226. The quantitative estimate of drug-likeness (QED) is 0.219. The Balaban J connectivity index is 1.65. The summed E-state index contributed by atoms with van der Waals surface area (Å²) in [6.45, 7) is 4.24. The minimum absolute atomic E-state index is 0.0116. The summed E-state index contributed by atoms with van der Waals surface area (Å²) in [5, 5.41) is 8.50. The number of hydrogen-bond donors (Lipinski definition) is 0. The molecule has 0 saturated carbocycles. The van der Waals surface area contributed by atoms with Crippen LogP contribution in [0.25, 0.3) is 0 Å². The van der Waals surface area contributed by atoms with E-state index in [0.717, 1.165) is 15.7 Å². The Labute approximate surface area is 236 Å². The first-order valence-corrected chi connectivity index (χ1v) is 13.2. The summed E-state index contributed by atoms with van der Waals surface area (Å²) < 4.78 is 7.98. The van der Waals surface area contributed by atoms with Gasteiger partial charge in [0.15, 0.2) is 0 Å². The number of imide groups is 1. The Morgan fingerprint density at radius 1 is 0.732 bits per heavy atom. The first-order valence-electron chi connectivity index (χ1n) is 13.2. The minimum atomic E-state index is -0.694. The zero-order chi connectivity index (χ0) is 29.1. The molecule has 0 spiro atoms. The number of carbonyl (C=O) groups excluding carboxylic acids is 2. The van der Waals surface area contributed by atoms with Gasteiger partial charge < -0.3 is 4.74 Å². The van der Waals surface area contributed by atoms with Gasteiger partial charge in [0.25, 0.3) is 17.4 Å². The highest BCUT2D eigenvalue weighted by molar-refractivity contribution is 6.23. The number of amides is 2. The monoisotopic (exact) mass is 551 g/mol. The van der Waals surface area contributed by atoms with Crippen molar-refractivity contribution in [2.24, 2.45) is 16.1 Å². The van der Waals surface area contributed by atoms with E-state index in [1.165, 1.54) is 16.6 Å². The van der Waals surface area contributed by atoms with E-state index in [4.69, 9.17) is 4.74 Å². The molecular formula is C31H29N5O5. The highest BCUT2D eigenvalue weighted by Gasteiger charge is 2.37. The number of methoxy groups -OCH3 is 1. The molecular weight excluding hydrogens is 522 g/mol. The number of aromatic nitrogens is 2. The van der Waals surface area contributed by atoms with Crippen molar-refractivity contribution in [1.29, 1.82) is 0 Å². The second-order valence-corrected chi connectivity index (χ2v) is 10.1. The molecule has 0 saturated heterocycles. The van der Waals surface area contributed by atoms with Gasteiger partial charge in [0.1, 0.15) is 0 Å². The van der Waals surface area contributed by atoms with Crippen molar-refractivity contribution in [2.75, 3.05) is 13.7 Å². The maximum absolute atomic E-state index is 13.7. The van der Waals surface area contributed by atoms with Crippen LogP contribution in [0.15, 0.2) is 98.7 Å². The molecule has 0 atom stereocenters. The topological polar surface area (TPSA) is 115 Å². The predicted molar refractivity (Wildman–Crippen MR) is 153 cm³/mol. The van der Waals surface area contributed by atoms with E-state index in [0.29, 0.717) is 0 Å². The summed E-state index contributed by atoms with van der Waals surface area (Å²) in [6, 6.07) is 23.2. The van der Waals surface area contributed by atoms with Crippen molar-refractivity contribution < 1.29 is 14.3 Å². The van der Waals surface area contributed by atoms with Crippen molar-refractivity contribution in [1.82, 2.24) is 14.0 Å². The molecule has 10 nitrogen and oxygen atoms in total. The number of carbonyl (C=O) groups is 2. The van der Waals surface area contributed by atoms with Crippen molar-refractivity contribution in [3.05, 3.63) is 122 Å². The van der Waals surface area contributed by atoms with E-state index in [2.05, 4.69) is 10.2 Å². The zero-order valence-corrected chi connectivity index (χ0v) is 23.0. The normalized spacial score (nSPS) is 12.9. The summed E-state index contributed by atoms with van der Waals surface area (Å²) in [5.74, 6) is -0.834. The highest BCUT2D eigenvalue weighted by Crippen LogP contribution is 2.33. The lowest BCUT2D eigenvalue weighted by atomic mass is 10.1. The molecule has 5 rings (SSSR count). The van der Waals surface area contributed by atoms with Crippen molar-refractivity contribution in [2.45, 2.75) is 26.9 Å². The van der Waals surface area contributed by atoms with E-state index in [1.807, 2.05) is 74.5 Å². The molecule has 4 aromatic rings. The smallest absolute Gasteiger partial charge is 0.334 e. The first-order chi connectivity index (χ1) is 19.8. The Kier molecular flexibility index (Phi) is 7.73. The number of ether oxygens (including phenoxy) is 1. The standard InChI is InChI=1S/C31H29N5O5/c1-20(2)17-34-27(37)23-15-10-16-24(25(23)28(34)38)32-33-26-29(39)35(18-21-11-6-4-7-12-21)31(40)36(30(26)41-3)19-22-13-8-5-9-14-22/h4-16,20H,17-19H2,1-3H3. The summed E-state index contributed by atoms with van der Waals surface area (Å²) in [7, 11) is 1.35. The average molecular weight is 552 g/mol. The largest absolute Gasteiger partial charge is 0.480 e. The van der Waals surface area contributed by atoms with Gasteiger partial charge in [-0.25, -0.2) is 4.79 Å². The number of nitrogens with zero attached hydrogens (tertiary/aromatic N) is 5. The molecule has 0 bridgehead atoms. The second-order valence-electron chi connectivity index (χ2n) is 10.1.